The first-order valence-electron chi connectivity index (χ1n) is 9.69. The fourth-order valence-corrected chi connectivity index (χ4v) is 4.31. The van der Waals surface area contributed by atoms with Gasteiger partial charge in [-0.15, -0.1) is 0 Å². The number of nitrogens with two attached hydrogens (primary N) is 1. The summed E-state index contributed by atoms with van der Waals surface area (Å²) in [5.41, 5.74) is 12.2. The van der Waals surface area contributed by atoms with Crippen LogP contribution in [0.4, 0.5) is 5.82 Å². The maximum atomic E-state index is 5.74. The molecule has 3 aromatic carbocycles. The molecule has 3 nitrogen and oxygen atoms in total. The second-order valence-corrected chi connectivity index (χ2v) is 7.74. The first-order chi connectivity index (χ1) is 13.7. The molecule has 0 bridgehead atoms. The van der Waals surface area contributed by atoms with Gasteiger partial charge >= 0.3 is 0 Å². The van der Waals surface area contributed by atoms with Crippen LogP contribution in [0.2, 0.25) is 0 Å². The Morgan fingerprint density at radius 3 is 2.54 bits per heavy atom. The molecule has 1 atom stereocenters. The number of anilines is 1. The molecular weight excluding hydrogens is 342 g/mol. The maximum absolute atomic E-state index is 5.74. The summed E-state index contributed by atoms with van der Waals surface area (Å²) in [6.07, 6.45) is 1.85. The van der Waals surface area contributed by atoms with Gasteiger partial charge in [-0.1, -0.05) is 54.6 Å². The van der Waals surface area contributed by atoms with Gasteiger partial charge in [-0.25, -0.2) is 4.98 Å². The predicted molar refractivity (Wildman–Crippen MR) is 116 cm³/mol. The summed E-state index contributed by atoms with van der Waals surface area (Å²) < 4.78 is 0. The van der Waals surface area contributed by atoms with Crippen molar-refractivity contribution in [3.8, 4) is 11.1 Å². The Balaban J connectivity index is 1.57. The number of pyridine rings is 1. The van der Waals surface area contributed by atoms with Gasteiger partial charge in [0.1, 0.15) is 5.82 Å². The van der Waals surface area contributed by atoms with Crippen molar-refractivity contribution in [3.05, 3.63) is 95.7 Å². The molecule has 4 aromatic rings. The van der Waals surface area contributed by atoms with E-state index in [4.69, 9.17) is 5.73 Å². The molecule has 3 heteroatoms. The molecule has 2 N–H and O–H groups in total. The zero-order chi connectivity index (χ0) is 19.1. The molecule has 0 aliphatic carbocycles. The minimum absolute atomic E-state index is 0.386. The van der Waals surface area contributed by atoms with E-state index in [1.165, 1.54) is 33.0 Å². The summed E-state index contributed by atoms with van der Waals surface area (Å²) in [6, 6.07) is 26.2. The Morgan fingerprint density at radius 1 is 0.893 bits per heavy atom. The highest BCUT2D eigenvalue weighted by Crippen LogP contribution is 2.36. The molecule has 1 aliphatic rings. The van der Waals surface area contributed by atoms with Gasteiger partial charge in [-0.3, -0.25) is 0 Å². The summed E-state index contributed by atoms with van der Waals surface area (Å²) >= 11 is 0. The lowest BCUT2D eigenvalue weighted by atomic mass is 9.83. The molecule has 1 aliphatic heterocycles. The molecule has 138 valence electrons. The standard InChI is InChI=1S/C25H23N3/c1-28-15-22-13-19(21-9-11-25(26)27-14-21)8-10-23(22)24(16-28)20-7-6-17-4-2-3-5-18(17)12-20/h2-14,24H,15-16H2,1H3,(H2,26,27)/t24-/m0/s1. The fourth-order valence-electron chi connectivity index (χ4n) is 4.31. The molecule has 0 amide bonds. The highest BCUT2D eigenvalue weighted by molar-refractivity contribution is 5.83. The van der Waals surface area contributed by atoms with Gasteiger partial charge in [0, 0.05) is 30.8 Å². The molecule has 0 spiro atoms. The quantitative estimate of drug-likeness (QED) is 0.540. The lowest BCUT2D eigenvalue weighted by Gasteiger charge is -2.33. The van der Waals surface area contributed by atoms with Crippen LogP contribution in [-0.2, 0) is 6.54 Å². The summed E-state index contributed by atoms with van der Waals surface area (Å²) in [5.74, 6) is 0.940. The van der Waals surface area contributed by atoms with E-state index < -0.39 is 0 Å². The maximum Gasteiger partial charge on any atom is 0.123 e. The number of likely N-dealkylation sites (N-methyl/N-ethyl adjacent to an activating group) is 1. The Bertz CT molecular complexity index is 1150. The highest BCUT2D eigenvalue weighted by atomic mass is 15.1. The second kappa shape index (κ2) is 6.77. The molecule has 2 heterocycles. The van der Waals surface area contributed by atoms with Gasteiger partial charge < -0.3 is 10.6 Å². The lowest BCUT2D eigenvalue weighted by molar-refractivity contribution is 0.295. The molecule has 28 heavy (non-hydrogen) atoms. The first-order valence-corrected chi connectivity index (χ1v) is 9.69. The second-order valence-electron chi connectivity index (χ2n) is 7.74. The molecule has 0 unspecified atom stereocenters. The number of hydrogen-bond donors (Lipinski definition) is 1. The van der Waals surface area contributed by atoms with Gasteiger partial charge in [-0.05, 0) is 58.3 Å². The Hall–Kier alpha value is -3.17. The van der Waals surface area contributed by atoms with E-state index in [0.717, 1.165) is 18.7 Å². The molecule has 5 rings (SSSR count). The monoisotopic (exact) mass is 365 g/mol. The Morgan fingerprint density at radius 2 is 1.71 bits per heavy atom. The molecule has 0 fully saturated rings. The highest BCUT2D eigenvalue weighted by Gasteiger charge is 2.25. The van der Waals surface area contributed by atoms with Crippen molar-refractivity contribution in [2.45, 2.75) is 12.5 Å². The lowest BCUT2D eigenvalue weighted by Crippen LogP contribution is -2.31. The number of hydrogen-bond acceptors (Lipinski definition) is 3. The number of aromatic nitrogens is 1. The molecule has 0 radical (unpaired) electrons. The number of fused-ring (bicyclic) bond motifs is 2. The van der Waals surface area contributed by atoms with Crippen molar-refractivity contribution < 1.29 is 0 Å². The van der Waals surface area contributed by atoms with Crippen molar-refractivity contribution in [1.82, 2.24) is 9.88 Å². The number of rotatable bonds is 2. The van der Waals surface area contributed by atoms with Crippen LogP contribution in [0, 0.1) is 0 Å². The van der Waals surface area contributed by atoms with E-state index >= 15 is 0 Å². The van der Waals surface area contributed by atoms with Crippen molar-refractivity contribution in [2.24, 2.45) is 0 Å². The number of nitrogen functional groups attached to an aromatic ring is 1. The average molecular weight is 365 g/mol. The van der Waals surface area contributed by atoms with E-state index in [1.54, 1.807) is 0 Å². The Labute approximate surface area is 165 Å². The summed E-state index contributed by atoms with van der Waals surface area (Å²) in [7, 11) is 2.20. The Kier molecular flexibility index (Phi) is 4.10. The summed E-state index contributed by atoms with van der Waals surface area (Å²) in [5, 5.41) is 2.60. The molecular formula is C25H23N3. The third kappa shape index (κ3) is 3.04. The summed E-state index contributed by atoms with van der Waals surface area (Å²) in [6.45, 7) is 2.00. The van der Waals surface area contributed by atoms with E-state index in [-0.39, 0.29) is 0 Å². The van der Waals surface area contributed by atoms with Crippen LogP contribution in [0.15, 0.2) is 79.0 Å². The predicted octanol–water partition coefficient (Wildman–Crippen LogP) is 5.06. The van der Waals surface area contributed by atoms with Crippen LogP contribution in [0.3, 0.4) is 0 Å². The van der Waals surface area contributed by atoms with Crippen molar-refractivity contribution >= 4 is 16.6 Å². The zero-order valence-electron chi connectivity index (χ0n) is 16.0. The van der Waals surface area contributed by atoms with Crippen LogP contribution >= 0.6 is 0 Å². The van der Waals surface area contributed by atoms with Crippen LogP contribution in [-0.4, -0.2) is 23.5 Å². The molecule has 0 saturated carbocycles. The van der Waals surface area contributed by atoms with Crippen molar-refractivity contribution in [3.63, 3.8) is 0 Å². The summed E-state index contributed by atoms with van der Waals surface area (Å²) in [4.78, 5) is 6.65. The van der Waals surface area contributed by atoms with E-state index in [9.17, 15) is 0 Å². The van der Waals surface area contributed by atoms with Gasteiger partial charge in [0.05, 0.1) is 0 Å². The fraction of sp³-hybridized carbons (Fsp3) is 0.160. The van der Waals surface area contributed by atoms with Gasteiger partial charge in [0.15, 0.2) is 0 Å². The number of benzene rings is 3. The average Bonchev–Trinajstić information content (AvgIpc) is 2.73. The van der Waals surface area contributed by atoms with E-state index in [1.807, 2.05) is 18.3 Å². The third-order valence-corrected chi connectivity index (χ3v) is 5.75. The van der Waals surface area contributed by atoms with Crippen molar-refractivity contribution in [2.75, 3.05) is 19.3 Å². The normalized spacial score (nSPS) is 16.8. The minimum Gasteiger partial charge on any atom is -0.384 e. The zero-order valence-corrected chi connectivity index (χ0v) is 16.0. The number of nitrogens with zero attached hydrogens (tertiary/aromatic N) is 2. The van der Waals surface area contributed by atoms with E-state index in [2.05, 4.69) is 77.6 Å². The largest absolute Gasteiger partial charge is 0.384 e. The van der Waals surface area contributed by atoms with Crippen LogP contribution < -0.4 is 5.73 Å². The van der Waals surface area contributed by atoms with Gasteiger partial charge in [0.2, 0.25) is 0 Å². The third-order valence-electron chi connectivity index (χ3n) is 5.75. The first kappa shape index (κ1) is 17.0. The van der Waals surface area contributed by atoms with Gasteiger partial charge in [0.25, 0.3) is 0 Å². The minimum atomic E-state index is 0.386. The molecule has 1 aromatic heterocycles. The topological polar surface area (TPSA) is 42.1 Å². The molecule has 0 saturated heterocycles. The van der Waals surface area contributed by atoms with Gasteiger partial charge in [-0.2, -0.15) is 0 Å². The van der Waals surface area contributed by atoms with E-state index in [0.29, 0.717) is 11.7 Å². The van der Waals surface area contributed by atoms with Crippen molar-refractivity contribution in [1.29, 1.82) is 0 Å². The van der Waals surface area contributed by atoms with Crippen LogP contribution in [0.1, 0.15) is 22.6 Å². The SMILES string of the molecule is CN1Cc2cc(-c3ccc(N)nc3)ccc2[C@H](c2ccc3ccccc3c2)C1. The van der Waals surface area contributed by atoms with Crippen LogP contribution in [0.25, 0.3) is 21.9 Å². The smallest absolute Gasteiger partial charge is 0.123 e. The van der Waals surface area contributed by atoms with Crippen LogP contribution in [0.5, 0.6) is 0 Å².